The summed E-state index contributed by atoms with van der Waals surface area (Å²) in [5, 5.41) is 98.3. The van der Waals surface area contributed by atoms with E-state index in [1.807, 2.05) is 62.4 Å². The number of aryl methyl sites for hydroxylation is 1. The zero-order chi connectivity index (χ0) is 54.7. The predicted molar refractivity (Wildman–Crippen MR) is 314 cm³/mol. The van der Waals surface area contributed by atoms with Gasteiger partial charge in [-0.15, -0.1) is 0 Å². The Morgan fingerprint density at radius 3 is 1.61 bits per heavy atom. The number of phenols is 8. The molecule has 5 aromatic carbocycles. The molecule has 5 aromatic rings. The summed E-state index contributed by atoms with van der Waals surface area (Å²) >= 11 is 3.02. The van der Waals surface area contributed by atoms with Crippen molar-refractivity contribution >= 4 is 80.0 Å². The van der Waals surface area contributed by atoms with Crippen molar-refractivity contribution in [3.05, 3.63) is 193 Å². The molecular formula is C59H62I2N2O11. The number of benzene rings is 5. The summed E-state index contributed by atoms with van der Waals surface area (Å²) in [6.45, 7) is 24.0. The molecule has 9 N–H and O–H groups in total. The van der Waals surface area contributed by atoms with Gasteiger partial charge in [0.05, 0.1) is 0 Å². The molecule has 0 amide bonds. The van der Waals surface area contributed by atoms with Crippen LogP contribution in [0.4, 0.5) is 28.4 Å². The number of nitrogens with zero attached hydrogens (tertiary/aromatic N) is 2. The number of aromatic hydroxyl groups is 8. The molecule has 0 radical (unpaired) electrons. The topological polar surface area (TPSA) is 207 Å². The number of anilines is 5. The average Bonchev–Trinajstić information content (AvgIpc) is 3.42. The molecule has 0 aliphatic heterocycles. The van der Waals surface area contributed by atoms with Crippen LogP contribution in [0.2, 0.25) is 0 Å². The lowest BCUT2D eigenvalue weighted by Gasteiger charge is -2.31. The highest BCUT2D eigenvalue weighted by atomic mass is 127. The van der Waals surface area contributed by atoms with Gasteiger partial charge < -0.3 is 61.9 Å². The quantitative estimate of drug-likeness (QED) is 0.00791. The number of hydrogen-bond acceptors (Lipinski definition) is 13. The van der Waals surface area contributed by atoms with E-state index in [0.717, 1.165) is 17.5 Å². The summed E-state index contributed by atoms with van der Waals surface area (Å²) < 4.78 is 11.0. The van der Waals surface area contributed by atoms with E-state index in [-0.39, 0.29) is 28.6 Å². The van der Waals surface area contributed by atoms with Gasteiger partial charge in [-0.2, -0.15) is 0 Å². The molecule has 0 aromatic heterocycles. The highest BCUT2D eigenvalue weighted by Crippen LogP contribution is 2.60. The molecule has 0 heterocycles. The van der Waals surface area contributed by atoms with Crippen LogP contribution in [0.15, 0.2) is 176 Å². The SMILES string of the molecule is C=C\C=C/C(=C\C)C(/O)=C/C(C)(/C=C/C(C)(CC)c1ccc(N(c2ccc(/C(C=C)=C/C=C(\C=C)N(c3ccc(CC)cc3)c3c(O)c(O)c(O)c(O)c3OI)cc2)c2c(O)c(O)c(O)c(O)c2OI)cc1)CC. The van der Waals surface area contributed by atoms with Gasteiger partial charge in [-0.25, -0.2) is 0 Å². The zero-order valence-corrected chi connectivity index (χ0v) is 46.3. The summed E-state index contributed by atoms with van der Waals surface area (Å²) in [4.78, 5) is 3.06. The summed E-state index contributed by atoms with van der Waals surface area (Å²) in [5.74, 6) is -7.51. The lowest BCUT2D eigenvalue weighted by Crippen LogP contribution is -2.20. The van der Waals surface area contributed by atoms with Crippen molar-refractivity contribution in [3.63, 3.8) is 0 Å². The monoisotopic (exact) mass is 1230 g/mol. The van der Waals surface area contributed by atoms with E-state index in [9.17, 15) is 46.0 Å². The van der Waals surface area contributed by atoms with Crippen molar-refractivity contribution in [3.8, 4) is 57.5 Å². The minimum absolute atomic E-state index is 0.158. The Hall–Kier alpha value is -7.38. The van der Waals surface area contributed by atoms with Gasteiger partial charge >= 0.3 is 0 Å². The van der Waals surface area contributed by atoms with Gasteiger partial charge in [0.15, 0.2) is 57.5 Å². The van der Waals surface area contributed by atoms with Gasteiger partial charge in [-0.3, -0.25) is 0 Å². The van der Waals surface area contributed by atoms with E-state index in [0.29, 0.717) is 52.3 Å². The van der Waals surface area contributed by atoms with Crippen LogP contribution < -0.4 is 15.9 Å². The maximum atomic E-state index is 11.5. The van der Waals surface area contributed by atoms with Crippen molar-refractivity contribution in [2.24, 2.45) is 5.41 Å². The maximum absolute atomic E-state index is 11.5. The van der Waals surface area contributed by atoms with Crippen LogP contribution in [0.25, 0.3) is 5.57 Å². The first-order valence-corrected chi connectivity index (χ1v) is 25.3. The minimum atomic E-state index is -0.969. The number of hydrogen-bond donors (Lipinski definition) is 9. The van der Waals surface area contributed by atoms with Crippen LogP contribution >= 0.6 is 46.0 Å². The fourth-order valence-corrected chi connectivity index (χ4v) is 8.86. The number of halogens is 2. The molecule has 0 spiro atoms. The Kier molecular flexibility index (Phi) is 19.5. The molecule has 0 saturated heterocycles. The predicted octanol–water partition coefficient (Wildman–Crippen LogP) is 16.1. The van der Waals surface area contributed by atoms with Crippen LogP contribution in [0.3, 0.4) is 0 Å². The number of aliphatic hydroxyl groups is 1. The number of allylic oxidation sites excluding steroid dienone is 12. The van der Waals surface area contributed by atoms with Gasteiger partial charge in [0.1, 0.15) is 17.1 Å². The van der Waals surface area contributed by atoms with Crippen molar-refractivity contribution in [2.45, 2.75) is 66.2 Å². The Morgan fingerprint density at radius 1 is 0.622 bits per heavy atom. The van der Waals surface area contributed by atoms with Crippen LogP contribution in [-0.4, -0.2) is 46.0 Å². The van der Waals surface area contributed by atoms with E-state index in [2.05, 4.69) is 59.6 Å². The average molecular weight is 1230 g/mol. The largest absolute Gasteiger partial charge is 0.508 e. The Balaban J connectivity index is 1.64. The van der Waals surface area contributed by atoms with Crippen LogP contribution in [-0.2, 0) is 11.8 Å². The fraction of sp³-hybridized carbons (Fsp3) is 0.186. The van der Waals surface area contributed by atoms with Gasteiger partial charge in [0, 0.05) is 39.2 Å². The second-order valence-electron chi connectivity index (χ2n) is 17.5. The molecule has 13 nitrogen and oxygen atoms in total. The summed E-state index contributed by atoms with van der Waals surface area (Å²) in [6.07, 6.45) is 21.9. The molecule has 0 aliphatic rings. The second-order valence-corrected chi connectivity index (χ2v) is 18.4. The molecule has 0 aliphatic carbocycles. The van der Waals surface area contributed by atoms with Gasteiger partial charge in [0.25, 0.3) is 0 Å². The molecule has 15 heteroatoms. The van der Waals surface area contributed by atoms with Crippen molar-refractivity contribution in [1.82, 2.24) is 0 Å². The molecule has 0 saturated carbocycles. The lowest BCUT2D eigenvalue weighted by molar-refractivity contribution is 0.341. The van der Waals surface area contributed by atoms with E-state index in [1.54, 1.807) is 77.8 Å². The van der Waals surface area contributed by atoms with E-state index in [4.69, 9.17) is 6.13 Å². The number of aliphatic hydroxyl groups excluding tert-OH is 1. The summed E-state index contributed by atoms with van der Waals surface area (Å²) in [6, 6.07) is 21.9. The Morgan fingerprint density at radius 2 is 1.14 bits per heavy atom. The molecule has 2 unspecified atom stereocenters. The third-order valence-electron chi connectivity index (χ3n) is 13.0. The molecular weight excluding hydrogens is 1170 g/mol. The lowest BCUT2D eigenvalue weighted by atomic mass is 9.76. The Bertz CT molecular complexity index is 3070. The van der Waals surface area contributed by atoms with Crippen LogP contribution in [0.5, 0.6) is 57.5 Å². The first-order valence-electron chi connectivity index (χ1n) is 23.5. The first kappa shape index (κ1) is 57.5. The van der Waals surface area contributed by atoms with Gasteiger partial charge in [-0.05, 0) is 103 Å². The minimum Gasteiger partial charge on any atom is -0.508 e. The second kappa shape index (κ2) is 25.0. The van der Waals surface area contributed by atoms with E-state index < -0.39 is 56.8 Å². The summed E-state index contributed by atoms with van der Waals surface area (Å²) in [7, 11) is 0. The highest BCUT2D eigenvalue weighted by Gasteiger charge is 2.33. The van der Waals surface area contributed by atoms with Crippen molar-refractivity contribution in [1.29, 1.82) is 0 Å². The van der Waals surface area contributed by atoms with E-state index >= 15 is 0 Å². The van der Waals surface area contributed by atoms with Crippen molar-refractivity contribution < 1.29 is 52.1 Å². The van der Waals surface area contributed by atoms with Crippen LogP contribution in [0, 0.1) is 5.41 Å². The molecule has 2 atom stereocenters. The molecule has 0 bridgehead atoms. The summed E-state index contributed by atoms with van der Waals surface area (Å²) in [5.41, 5.74) is 4.30. The van der Waals surface area contributed by atoms with E-state index in [1.165, 1.54) is 57.0 Å². The van der Waals surface area contributed by atoms with Gasteiger partial charge in [-0.1, -0.05) is 139 Å². The molecule has 74 heavy (non-hydrogen) atoms. The maximum Gasteiger partial charge on any atom is 0.208 e. The van der Waals surface area contributed by atoms with Gasteiger partial charge in [0.2, 0.25) is 46.0 Å². The molecule has 0 fully saturated rings. The first-order chi connectivity index (χ1) is 35.3. The van der Waals surface area contributed by atoms with Crippen molar-refractivity contribution in [2.75, 3.05) is 9.80 Å². The number of phenolic OH excluding ortho intramolecular Hbond substituents is 8. The zero-order valence-electron chi connectivity index (χ0n) is 42.0. The number of rotatable bonds is 22. The molecule has 388 valence electrons. The fourth-order valence-electron chi connectivity index (χ4n) is 8.03. The van der Waals surface area contributed by atoms with Crippen LogP contribution in [0.1, 0.15) is 71.1 Å². The smallest absolute Gasteiger partial charge is 0.208 e. The molecule has 5 rings (SSSR count). The standard InChI is InChI=1S/C59H62I2N2O11/c1-10-17-18-38(13-4)45(64)35-58(8,15-6)33-34-59(9,16-7)40-24-31-44(32-25-40)63(47-49(66)51(68)53(70)55(72)57(47)74-61)43-29-22-39(23-30-43)37(12-3)21-28-41(14-5)62(42-26-19-36(11-2)20-27-42)46-48(65)50(67)52(69)54(71)56(46)73-60/h10,12-14,17-35,64-72H,1,3,5,11,15-16H2,2,4,6-9H3/b18-17-,34-33+,37-21+,38-13+,41-28+,45-35-. The third kappa shape index (κ3) is 12.0. The third-order valence-corrected chi connectivity index (χ3v) is 13.9. The Labute approximate surface area is 461 Å². The highest BCUT2D eigenvalue weighted by molar-refractivity contribution is 14.1. The normalized spacial score (nSPS) is 14.1.